The van der Waals surface area contributed by atoms with Crippen molar-refractivity contribution in [2.75, 3.05) is 43.8 Å². The molecule has 1 rings (SSSR count). The van der Waals surface area contributed by atoms with Crippen LogP contribution in [-0.4, -0.2) is 43.7 Å². The third-order valence-corrected chi connectivity index (χ3v) is 3.29. The Balaban J connectivity index is 2.54. The van der Waals surface area contributed by atoms with Gasteiger partial charge in [-0.2, -0.15) is 0 Å². The third kappa shape index (κ3) is 5.63. The van der Waals surface area contributed by atoms with Crippen molar-refractivity contribution < 1.29 is 9.53 Å². The van der Waals surface area contributed by atoms with Crippen molar-refractivity contribution in [3.63, 3.8) is 0 Å². The van der Waals surface area contributed by atoms with Crippen LogP contribution in [0.25, 0.3) is 0 Å². The topological polar surface area (TPSA) is 67.6 Å². The second-order valence-electron chi connectivity index (χ2n) is 4.88. The van der Waals surface area contributed by atoms with Crippen LogP contribution in [0.3, 0.4) is 0 Å². The standard InChI is InChI=1S/C16H27N3O2/c1-4-10-19(5-2)11-9-18-15-8-7-13(12-14(15)17)16(20)21-6-3/h7-8,12,18H,4-6,9-11,17H2,1-3H3. The lowest BCUT2D eigenvalue weighted by molar-refractivity contribution is 0.0526. The van der Waals surface area contributed by atoms with Gasteiger partial charge in [0, 0.05) is 13.1 Å². The molecular formula is C16H27N3O2. The van der Waals surface area contributed by atoms with Gasteiger partial charge in [-0.3, -0.25) is 0 Å². The Labute approximate surface area is 127 Å². The SMILES string of the molecule is CCCN(CC)CCNc1ccc(C(=O)OCC)cc1N. The van der Waals surface area contributed by atoms with E-state index in [4.69, 9.17) is 10.5 Å². The molecule has 0 spiro atoms. The second kappa shape index (κ2) is 9.23. The fourth-order valence-electron chi connectivity index (χ4n) is 2.16. The fourth-order valence-corrected chi connectivity index (χ4v) is 2.16. The Hall–Kier alpha value is -1.75. The molecule has 1 aromatic carbocycles. The maximum atomic E-state index is 11.6. The highest BCUT2D eigenvalue weighted by Crippen LogP contribution is 2.20. The summed E-state index contributed by atoms with van der Waals surface area (Å²) in [6.45, 7) is 10.5. The molecule has 0 amide bonds. The molecule has 0 aliphatic rings. The van der Waals surface area contributed by atoms with Gasteiger partial charge >= 0.3 is 5.97 Å². The molecule has 0 atom stereocenters. The summed E-state index contributed by atoms with van der Waals surface area (Å²) in [4.78, 5) is 14.0. The quantitative estimate of drug-likeness (QED) is 0.541. The number of hydrogen-bond acceptors (Lipinski definition) is 5. The zero-order chi connectivity index (χ0) is 15.7. The molecular weight excluding hydrogens is 266 g/mol. The van der Waals surface area contributed by atoms with E-state index in [0.29, 0.717) is 17.9 Å². The van der Waals surface area contributed by atoms with Crippen molar-refractivity contribution in [2.45, 2.75) is 27.2 Å². The van der Waals surface area contributed by atoms with Gasteiger partial charge in [0.25, 0.3) is 0 Å². The normalized spacial score (nSPS) is 10.7. The first-order chi connectivity index (χ1) is 10.1. The summed E-state index contributed by atoms with van der Waals surface area (Å²) in [5.74, 6) is -0.337. The summed E-state index contributed by atoms with van der Waals surface area (Å²) < 4.78 is 4.96. The van der Waals surface area contributed by atoms with Crippen molar-refractivity contribution in [2.24, 2.45) is 0 Å². The van der Waals surface area contributed by atoms with E-state index < -0.39 is 0 Å². The Kier molecular flexibility index (Phi) is 7.61. The second-order valence-corrected chi connectivity index (χ2v) is 4.88. The molecule has 21 heavy (non-hydrogen) atoms. The maximum Gasteiger partial charge on any atom is 0.338 e. The highest BCUT2D eigenvalue weighted by molar-refractivity contribution is 5.91. The highest BCUT2D eigenvalue weighted by atomic mass is 16.5. The van der Waals surface area contributed by atoms with Gasteiger partial charge in [-0.25, -0.2) is 4.79 Å². The molecule has 0 heterocycles. The number of carbonyl (C=O) groups is 1. The predicted octanol–water partition coefficient (Wildman–Crippen LogP) is 2.59. The van der Waals surface area contributed by atoms with Crippen LogP contribution in [0.4, 0.5) is 11.4 Å². The lowest BCUT2D eigenvalue weighted by Crippen LogP contribution is -2.29. The average Bonchev–Trinajstić information content (AvgIpc) is 2.48. The number of carbonyl (C=O) groups excluding carboxylic acids is 1. The van der Waals surface area contributed by atoms with Crippen LogP contribution < -0.4 is 11.1 Å². The smallest absolute Gasteiger partial charge is 0.338 e. The summed E-state index contributed by atoms with van der Waals surface area (Å²) in [5.41, 5.74) is 7.89. The minimum atomic E-state index is -0.337. The van der Waals surface area contributed by atoms with E-state index in [1.54, 1.807) is 19.1 Å². The number of likely N-dealkylation sites (N-methyl/N-ethyl adjacent to an activating group) is 1. The molecule has 0 fully saturated rings. The number of nitrogen functional groups attached to an aromatic ring is 1. The predicted molar refractivity (Wildman–Crippen MR) is 87.7 cm³/mol. The summed E-state index contributed by atoms with van der Waals surface area (Å²) in [6.07, 6.45) is 1.16. The van der Waals surface area contributed by atoms with Gasteiger partial charge < -0.3 is 20.7 Å². The molecule has 118 valence electrons. The summed E-state index contributed by atoms with van der Waals surface area (Å²) in [7, 11) is 0. The van der Waals surface area contributed by atoms with Gasteiger partial charge in [-0.1, -0.05) is 13.8 Å². The molecule has 1 aromatic rings. The first-order valence-corrected chi connectivity index (χ1v) is 7.65. The molecule has 0 aromatic heterocycles. The van der Waals surface area contributed by atoms with Gasteiger partial charge in [0.05, 0.1) is 23.5 Å². The minimum absolute atomic E-state index is 0.337. The van der Waals surface area contributed by atoms with E-state index in [2.05, 4.69) is 24.1 Å². The maximum absolute atomic E-state index is 11.6. The highest BCUT2D eigenvalue weighted by Gasteiger charge is 2.09. The largest absolute Gasteiger partial charge is 0.462 e. The Morgan fingerprint density at radius 2 is 2.05 bits per heavy atom. The molecule has 3 N–H and O–H groups in total. The van der Waals surface area contributed by atoms with Crippen molar-refractivity contribution in [3.05, 3.63) is 23.8 Å². The van der Waals surface area contributed by atoms with Gasteiger partial charge in [0.15, 0.2) is 0 Å². The first-order valence-electron chi connectivity index (χ1n) is 7.65. The van der Waals surface area contributed by atoms with Crippen molar-refractivity contribution in [3.8, 4) is 0 Å². The van der Waals surface area contributed by atoms with E-state index in [1.807, 2.05) is 6.07 Å². The van der Waals surface area contributed by atoms with E-state index in [9.17, 15) is 4.79 Å². The Morgan fingerprint density at radius 3 is 2.62 bits per heavy atom. The number of ether oxygens (including phenoxy) is 1. The number of hydrogen-bond donors (Lipinski definition) is 2. The van der Waals surface area contributed by atoms with Crippen molar-refractivity contribution in [1.82, 2.24) is 4.90 Å². The summed E-state index contributed by atoms with van der Waals surface area (Å²) in [5, 5.41) is 3.32. The van der Waals surface area contributed by atoms with Gasteiger partial charge in [-0.05, 0) is 44.6 Å². The molecule has 0 radical (unpaired) electrons. The van der Waals surface area contributed by atoms with E-state index in [1.165, 1.54) is 0 Å². The first kappa shape index (κ1) is 17.3. The zero-order valence-corrected chi connectivity index (χ0v) is 13.3. The summed E-state index contributed by atoms with van der Waals surface area (Å²) in [6, 6.07) is 5.22. The van der Waals surface area contributed by atoms with Crippen LogP contribution in [0.1, 0.15) is 37.6 Å². The van der Waals surface area contributed by atoms with Gasteiger partial charge in [-0.15, -0.1) is 0 Å². The fraction of sp³-hybridized carbons (Fsp3) is 0.562. The molecule has 0 saturated heterocycles. The van der Waals surface area contributed by atoms with Crippen molar-refractivity contribution in [1.29, 1.82) is 0 Å². The summed E-state index contributed by atoms with van der Waals surface area (Å²) >= 11 is 0. The minimum Gasteiger partial charge on any atom is -0.462 e. The van der Waals surface area contributed by atoms with Crippen LogP contribution in [0.5, 0.6) is 0 Å². The molecule has 5 heteroatoms. The number of rotatable bonds is 9. The lowest BCUT2D eigenvalue weighted by atomic mass is 10.1. The monoisotopic (exact) mass is 293 g/mol. The van der Waals surface area contributed by atoms with Crippen LogP contribution in [0.2, 0.25) is 0 Å². The lowest BCUT2D eigenvalue weighted by Gasteiger charge is -2.20. The number of benzene rings is 1. The average molecular weight is 293 g/mol. The van der Waals surface area contributed by atoms with Crippen LogP contribution in [0.15, 0.2) is 18.2 Å². The number of nitrogens with one attached hydrogen (secondary N) is 1. The molecule has 0 aliphatic carbocycles. The van der Waals surface area contributed by atoms with Crippen LogP contribution in [-0.2, 0) is 4.74 Å². The van der Waals surface area contributed by atoms with Gasteiger partial charge in [0.2, 0.25) is 0 Å². The molecule has 0 aliphatic heterocycles. The van der Waals surface area contributed by atoms with Crippen LogP contribution >= 0.6 is 0 Å². The van der Waals surface area contributed by atoms with Crippen LogP contribution in [0, 0.1) is 0 Å². The molecule has 0 unspecified atom stereocenters. The van der Waals surface area contributed by atoms with E-state index in [-0.39, 0.29) is 5.97 Å². The Morgan fingerprint density at radius 1 is 1.29 bits per heavy atom. The molecule has 5 nitrogen and oxygen atoms in total. The number of esters is 1. The number of anilines is 2. The molecule has 0 saturated carbocycles. The zero-order valence-electron chi connectivity index (χ0n) is 13.3. The van der Waals surface area contributed by atoms with E-state index in [0.717, 1.165) is 38.3 Å². The third-order valence-electron chi connectivity index (χ3n) is 3.29. The Bertz CT molecular complexity index is 449. The van der Waals surface area contributed by atoms with Gasteiger partial charge in [0.1, 0.15) is 0 Å². The van der Waals surface area contributed by atoms with E-state index >= 15 is 0 Å². The van der Waals surface area contributed by atoms with Crippen molar-refractivity contribution >= 4 is 17.3 Å². The molecule has 0 bridgehead atoms. The number of nitrogens with zero attached hydrogens (tertiary/aromatic N) is 1. The number of nitrogens with two attached hydrogens (primary N) is 1.